The molecule has 0 spiro atoms. The fourth-order valence-electron chi connectivity index (χ4n) is 2.23. The maximum atomic E-state index is 12.2. The summed E-state index contributed by atoms with van der Waals surface area (Å²) in [6, 6.07) is 4.42. The van der Waals surface area contributed by atoms with E-state index in [2.05, 4.69) is 0 Å². The molecule has 0 aliphatic carbocycles. The van der Waals surface area contributed by atoms with Gasteiger partial charge in [0.25, 0.3) is 0 Å². The summed E-state index contributed by atoms with van der Waals surface area (Å²) in [5.74, 6) is 0.0227. The van der Waals surface area contributed by atoms with Crippen LogP contribution in [0.3, 0.4) is 0 Å². The predicted molar refractivity (Wildman–Crippen MR) is 80.5 cm³/mol. The first-order valence-electron chi connectivity index (χ1n) is 7.00. The molecular formula is C16H18O6. The number of carbonyl (C=O) groups excluding carboxylic acids is 1. The number of hydrogen-bond donors (Lipinski definition) is 2. The summed E-state index contributed by atoms with van der Waals surface area (Å²) in [6.45, 7) is -0.299. The van der Waals surface area contributed by atoms with E-state index in [1.165, 1.54) is 7.11 Å². The first kappa shape index (κ1) is 16.2. The Morgan fingerprint density at radius 1 is 1.23 bits per heavy atom. The van der Waals surface area contributed by atoms with Crippen molar-refractivity contribution in [1.29, 1.82) is 0 Å². The van der Waals surface area contributed by atoms with Crippen LogP contribution in [0.15, 0.2) is 27.4 Å². The summed E-state index contributed by atoms with van der Waals surface area (Å²) in [4.78, 5) is 24.1. The molecular weight excluding hydrogens is 288 g/mol. The largest absolute Gasteiger partial charge is 0.497 e. The van der Waals surface area contributed by atoms with Crippen molar-refractivity contribution in [2.75, 3.05) is 20.3 Å². The van der Waals surface area contributed by atoms with E-state index in [0.717, 1.165) is 6.07 Å². The second-order valence-electron chi connectivity index (χ2n) is 4.86. The number of aryl methyl sites for hydroxylation is 1. The third-order valence-corrected chi connectivity index (χ3v) is 3.33. The Morgan fingerprint density at radius 3 is 2.64 bits per heavy atom. The molecule has 1 heterocycles. The van der Waals surface area contributed by atoms with E-state index in [1.807, 2.05) is 0 Å². The van der Waals surface area contributed by atoms with Gasteiger partial charge in [-0.1, -0.05) is 0 Å². The third-order valence-electron chi connectivity index (χ3n) is 3.33. The molecule has 0 aliphatic heterocycles. The van der Waals surface area contributed by atoms with Crippen molar-refractivity contribution in [3.05, 3.63) is 39.7 Å². The minimum absolute atomic E-state index is 0.00602. The molecule has 2 aromatic rings. The second-order valence-corrected chi connectivity index (χ2v) is 4.86. The van der Waals surface area contributed by atoms with Crippen molar-refractivity contribution in [3.8, 4) is 5.75 Å². The summed E-state index contributed by atoms with van der Waals surface area (Å²) in [7, 11) is 1.50. The van der Waals surface area contributed by atoms with Crippen LogP contribution in [0, 0.1) is 0 Å². The van der Waals surface area contributed by atoms with Crippen molar-refractivity contribution >= 4 is 16.8 Å². The van der Waals surface area contributed by atoms with E-state index in [4.69, 9.17) is 19.4 Å². The van der Waals surface area contributed by atoms with Gasteiger partial charge in [0.05, 0.1) is 19.1 Å². The lowest BCUT2D eigenvalue weighted by Crippen LogP contribution is -2.09. The summed E-state index contributed by atoms with van der Waals surface area (Å²) in [5, 5.41) is 18.1. The molecule has 2 N–H and O–H groups in total. The van der Waals surface area contributed by atoms with E-state index in [9.17, 15) is 9.59 Å². The lowest BCUT2D eigenvalue weighted by atomic mass is 10.0. The number of rotatable bonds is 7. The molecule has 6 nitrogen and oxygen atoms in total. The van der Waals surface area contributed by atoms with Crippen LogP contribution in [0.5, 0.6) is 5.75 Å². The third kappa shape index (κ3) is 3.35. The first-order valence-corrected chi connectivity index (χ1v) is 7.00. The molecule has 22 heavy (non-hydrogen) atoms. The van der Waals surface area contributed by atoms with Gasteiger partial charge >= 0.3 is 0 Å². The van der Waals surface area contributed by atoms with E-state index in [-0.39, 0.29) is 30.8 Å². The van der Waals surface area contributed by atoms with Crippen LogP contribution in [0.25, 0.3) is 11.0 Å². The number of hydrogen-bond acceptors (Lipinski definition) is 6. The van der Waals surface area contributed by atoms with Crippen LogP contribution in [-0.4, -0.2) is 36.3 Å². The van der Waals surface area contributed by atoms with E-state index >= 15 is 0 Å². The van der Waals surface area contributed by atoms with Gasteiger partial charge in [0.15, 0.2) is 17.0 Å². The maximum absolute atomic E-state index is 12.2. The van der Waals surface area contributed by atoms with Gasteiger partial charge < -0.3 is 19.4 Å². The lowest BCUT2D eigenvalue weighted by Gasteiger charge is -2.09. The lowest BCUT2D eigenvalue weighted by molar-refractivity contribution is 0.0930. The molecule has 0 bridgehead atoms. The van der Waals surface area contributed by atoms with Crippen LogP contribution in [0.2, 0.25) is 0 Å². The Balaban J connectivity index is 2.63. The summed E-state index contributed by atoms with van der Waals surface area (Å²) >= 11 is 0. The summed E-state index contributed by atoms with van der Waals surface area (Å²) in [5.41, 5.74) is 0.675. The smallest absolute Gasteiger partial charge is 0.200 e. The molecule has 1 aromatic heterocycles. The zero-order chi connectivity index (χ0) is 16.1. The highest BCUT2D eigenvalue weighted by Crippen LogP contribution is 2.25. The molecule has 0 unspecified atom stereocenters. The second kappa shape index (κ2) is 7.20. The molecule has 0 saturated carbocycles. The molecule has 0 amide bonds. The number of carbonyl (C=O) groups is 1. The fourth-order valence-corrected chi connectivity index (χ4v) is 2.23. The molecule has 0 fully saturated rings. The zero-order valence-electron chi connectivity index (χ0n) is 12.3. The van der Waals surface area contributed by atoms with Crippen LogP contribution in [-0.2, 0) is 6.42 Å². The van der Waals surface area contributed by atoms with Gasteiger partial charge in [0, 0.05) is 19.1 Å². The number of Topliss-reactive ketones (excluding diaryl/α,β-unsaturated/α-hetero) is 1. The first-order chi connectivity index (χ1) is 10.6. The van der Waals surface area contributed by atoms with E-state index in [0.29, 0.717) is 35.1 Å². The van der Waals surface area contributed by atoms with Crippen molar-refractivity contribution in [2.24, 2.45) is 0 Å². The number of methoxy groups -OCH3 is 1. The van der Waals surface area contributed by atoms with Gasteiger partial charge in [-0.25, -0.2) is 0 Å². The predicted octanol–water partition coefficient (Wildman–Crippen LogP) is 1.29. The molecule has 118 valence electrons. The number of ether oxygens (including phenoxy) is 1. The Hall–Kier alpha value is -2.18. The average Bonchev–Trinajstić information content (AvgIpc) is 2.52. The number of benzene rings is 1. The number of aliphatic hydroxyl groups is 2. The molecule has 0 radical (unpaired) electrons. The quantitative estimate of drug-likeness (QED) is 0.748. The minimum atomic E-state index is -0.426. The fraction of sp³-hybridized carbons (Fsp3) is 0.375. The highest BCUT2D eigenvalue weighted by atomic mass is 16.5. The van der Waals surface area contributed by atoms with Crippen molar-refractivity contribution < 1.29 is 24.2 Å². The molecule has 0 saturated heterocycles. The monoisotopic (exact) mass is 306 g/mol. The van der Waals surface area contributed by atoms with Crippen LogP contribution >= 0.6 is 0 Å². The van der Waals surface area contributed by atoms with Crippen LogP contribution in [0.1, 0.15) is 29.0 Å². The SMILES string of the molecule is COc1cc(CCCO)c2oc(C(=O)CCO)cc(=O)c2c1. The maximum Gasteiger partial charge on any atom is 0.200 e. The minimum Gasteiger partial charge on any atom is -0.497 e. The van der Waals surface area contributed by atoms with Gasteiger partial charge in [-0.3, -0.25) is 9.59 Å². The highest BCUT2D eigenvalue weighted by Gasteiger charge is 2.15. The Bertz CT molecular complexity index is 731. The molecule has 1 aromatic carbocycles. The Morgan fingerprint density at radius 2 is 2.00 bits per heavy atom. The van der Waals surface area contributed by atoms with Gasteiger partial charge in [0.2, 0.25) is 0 Å². The summed E-state index contributed by atoms with van der Waals surface area (Å²) < 4.78 is 10.8. The standard InChI is InChI=1S/C16H18O6/c1-21-11-7-10(3-2-5-17)16-12(8-11)14(20)9-15(22-16)13(19)4-6-18/h7-9,17-18H,2-6H2,1H3. The number of fused-ring (bicyclic) bond motifs is 1. The van der Waals surface area contributed by atoms with Gasteiger partial charge in [-0.15, -0.1) is 0 Å². The van der Waals surface area contributed by atoms with Crippen molar-refractivity contribution in [3.63, 3.8) is 0 Å². The number of ketones is 1. The van der Waals surface area contributed by atoms with Gasteiger partial charge in [-0.05, 0) is 30.5 Å². The van der Waals surface area contributed by atoms with Crippen LogP contribution in [0.4, 0.5) is 0 Å². The van der Waals surface area contributed by atoms with Crippen LogP contribution < -0.4 is 10.2 Å². The molecule has 2 rings (SSSR count). The Labute approximate surface area is 126 Å². The number of aliphatic hydroxyl groups excluding tert-OH is 2. The van der Waals surface area contributed by atoms with Crippen molar-refractivity contribution in [2.45, 2.75) is 19.3 Å². The average molecular weight is 306 g/mol. The Kier molecular flexibility index (Phi) is 5.30. The molecule has 0 aliphatic rings. The highest BCUT2D eigenvalue weighted by molar-refractivity contribution is 5.95. The topological polar surface area (TPSA) is 97.0 Å². The molecule has 6 heteroatoms. The van der Waals surface area contributed by atoms with Gasteiger partial charge in [0.1, 0.15) is 11.3 Å². The van der Waals surface area contributed by atoms with E-state index in [1.54, 1.807) is 12.1 Å². The zero-order valence-corrected chi connectivity index (χ0v) is 12.3. The van der Waals surface area contributed by atoms with Gasteiger partial charge in [-0.2, -0.15) is 0 Å². The molecule has 0 atom stereocenters. The van der Waals surface area contributed by atoms with Crippen molar-refractivity contribution in [1.82, 2.24) is 0 Å². The van der Waals surface area contributed by atoms with E-state index < -0.39 is 5.78 Å². The summed E-state index contributed by atoms with van der Waals surface area (Å²) in [6.07, 6.45) is 0.891. The normalized spacial score (nSPS) is 10.9.